The van der Waals surface area contributed by atoms with E-state index < -0.39 is 0 Å². The summed E-state index contributed by atoms with van der Waals surface area (Å²) in [5.74, 6) is 1.67. The molecule has 2 rings (SSSR count). The first kappa shape index (κ1) is 16.6. The summed E-state index contributed by atoms with van der Waals surface area (Å²) < 4.78 is 0. The van der Waals surface area contributed by atoms with Crippen LogP contribution in [0, 0.1) is 5.92 Å². The minimum atomic E-state index is 0.627. The van der Waals surface area contributed by atoms with E-state index in [-0.39, 0.29) is 0 Å². The van der Waals surface area contributed by atoms with Crippen molar-refractivity contribution in [1.29, 1.82) is 0 Å². The minimum absolute atomic E-state index is 0.627. The molecule has 1 aliphatic carbocycles. The fourth-order valence-corrected chi connectivity index (χ4v) is 3.55. The summed E-state index contributed by atoms with van der Waals surface area (Å²) >= 11 is 0. The van der Waals surface area contributed by atoms with E-state index in [1.165, 1.54) is 71.0 Å². The predicted octanol–water partition coefficient (Wildman–Crippen LogP) is 2.61. The zero-order chi connectivity index (χ0) is 14.9. The van der Waals surface area contributed by atoms with Crippen LogP contribution >= 0.6 is 0 Å². The highest BCUT2D eigenvalue weighted by atomic mass is 15.2. The van der Waals surface area contributed by atoms with Crippen LogP contribution in [0.25, 0.3) is 0 Å². The highest BCUT2D eigenvalue weighted by Gasteiger charge is 2.16. The van der Waals surface area contributed by atoms with Crippen molar-refractivity contribution in [1.82, 2.24) is 15.5 Å². The molecule has 2 aliphatic rings. The van der Waals surface area contributed by atoms with Crippen LogP contribution in [0.1, 0.15) is 58.3 Å². The Morgan fingerprint density at radius 1 is 1.10 bits per heavy atom. The number of nitrogens with one attached hydrogen (secondary N) is 2. The summed E-state index contributed by atoms with van der Waals surface area (Å²) in [6, 6.07) is 0.627. The molecule has 1 atom stereocenters. The molecule has 1 heterocycles. The first-order valence-corrected chi connectivity index (χ1v) is 8.97. The molecule has 0 aromatic carbocycles. The van der Waals surface area contributed by atoms with Crippen molar-refractivity contribution in [3.05, 3.63) is 0 Å². The van der Waals surface area contributed by atoms with Crippen LogP contribution < -0.4 is 10.6 Å². The minimum Gasteiger partial charge on any atom is -0.356 e. The molecule has 1 aliphatic heterocycles. The molecule has 4 nitrogen and oxygen atoms in total. The van der Waals surface area contributed by atoms with Gasteiger partial charge in [0.05, 0.1) is 0 Å². The first-order chi connectivity index (χ1) is 10.3. The number of likely N-dealkylation sites (tertiary alicyclic amines) is 1. The molecular formula is C17H34N4. The SMILES string of the molecule is CN=C(NCC(C)CN1CCCCC1)NC1CCCCC1. The number of guanidine groups is 1. The van der Waals surface area contributed by atoms with Gasteiger partial charge in [-0.15, -0.1) is 0 Å². The zero-order valence-corrected chi connectivity index (χ0v) is 14.0. The Morgan fingerprint density at radius 3 is 2.43 bits per heavy atom. The Kier molecular flexibility index (Phi) is 7.34. The van der Waals surface area contributed by atoms with Gasteiger partial charge in [-0.25, -0.2) is 0 Å². The molecule has 0 radical (unpaired) electrons. The Morgan fingerprint density at radius 2 is 1.76 bits per heavy atom. The van der Waals surface area contributed by atoms with Gasteiger partial charge in [-0.3, -0.25) is 4.99 Å². The lowest BCUT2D eigenvalue weighted by molar-refractivity contribution is 0.201. The molecule has 0 spiro atoms. The van der Waals surface area contributed by atoms with E-state index in [2.05, 4.69) is 27.4 Å². The topological polar surface area (TPSA) is 39.7 Å². The fraction of sp³-hybridized carbons (Fsp3) is 0.941. The highest BCUT2D eigenvalue weighted by Crippen LogP contribution is 2.17. The van der Waals surface area contributed by atoms with E-state index in [9.17, 15) is 0 Å². The molecule has 0 bridgehead atoms. The van der Waals surface area contributed by atoms with Crippen molar-refractivity contribution < 1.29 is 0 Å². The van der Waals surface area contributed by atoms with Gasteiger partial charge in [0, 0.05) is 26.2 Å². The van der Waals surface area contributed by atoms with Gasteiger partial charge in [0.25, 0.3) is 0 Å². The summed E-state index contributed by atoms with van der Waals surface area (Å²) in [6.45, 7) is 7.16. The summed E-state index contributed by atoms with van der Waals surface area (Å²) in [6.07, 6.45) is 10.9. The number of piperidine rings is 1. The lowest BCUT2D eigenvalue weighted by Crippen LogP contribution is -2.46. The Labute approximate surface area is 130 Å². The molecular weight excluding hydrogens is 260 g/mol. The van der Waals surface area contributed by atoms with Gasteiger partial charge >= 0.3 is 0 Å². The van der Waals surface area contributed by atoms with Gasteiger partial charge in [0.2, 0.25) is 0 Å². The molecule has 4 heteroatoms. The standard InChI is InChI=1S/C17H34N4/c1-15(14-21-11-7-4-8-12-21)13-19-17(18-2)20-16-9-5-3-6-10-16/h15-16H,3-14H2,1-2H3,(H2,18,19,20). The molecule has 1 unspecified atom stereocenters. The molecule has 122 valence electrons. The second kappa shape index (κ2) is 9.29. The lowest BCUT2D eigenvalue weighted by atomic mass is 9.96. The maximum absolute atomic E-state index is 4.38. The van der Waals surface area contributed by atoms with Gasteiger partial charge in [-0.1, -0.05) is 32.6 Å². The Bertz CT molecular complexity index is 304. The molecule has 2 N–H and O–H groups in total. The summed E-state index contributed by atoms with van der Waals surface area (Å²) in [4.78, 5) is 7.00. The van der Waals surface area contributed by atoms with Crippen molar-refractivity contribution in [2.45, 2.75) is 64.3 Å². The normalized spacial score (nSPS) is 23.8. The molecule has 2 fully saturated rings. The average molecular weight is 294 g/mol. The molecule has 1 saturated heterocycles. The summed E-state index contributed by atoms with van der Waals surface area (Å²) in [7, 11) is 1.88. The predicted molar refractivity (Wildman–Crippen MR) is 90.8 cm³/mol. The van der Waals surface area contributed by atoms with Gasteiger partial charge < -0.3 is 15.5 Å². The van der Waals surface area contributed by atoms with E-state index in [1.807, 2.05) is 7.05 Å². The highest BCUT2D eigenvalue weighted by molar-refractivity contribution is 5.79. The molecule has 0 aromatic rings. The van der Waals surface area contributed by atoms with Crippen molar-refractivity contribution >= 4 is 5.96 Å². The Balaban J connectivity index is 1.64. The Hall–Kier alpha value is -0.770. The third-order valence-corrected chi connectivity index (χ3v) is 4.81. The largest absolute Gasteiger partial charge is 0.356 e. The van der Waals surface area contributed by atoms with E-state index in [0.29, 0.717) is 12.0 Å². The quantitative estimate of drug-likeness (QED) is 0.605. The number of aliphatic imine (C=N–C) groups is 1. The fourth-order valence-electron chi connectivity index (χ4n) is 3.55. The van der Waals surface area contributed by atoms with Gasteiger partial charge in [0.15, 0.2) is 5.96 Å². The molecule has 0 aromatic heterocycles. The molecule has 0 amide bonds. The van der Waals surface area contributed by atoms with Crippen molar-refractivity contribution in [2.75, 3.05) is 33.2 Å². The van der Waals surface area contributed by atoms with Crippen LogP contribution in [-0.4, -0.2) is 50.1 Å². The number of hydrogen-bond acceptors (Lipinski definition) is 2. The van der Waals surface area contributed by atoms with Gasteiger partial charge in [0.1, 0.15) is 0 Å². The van der Waals surface area contributed by atoms with E-state index in [1.54, 1.807) is 0 Å². The third-order valence-electron chi connectivity index (χ3n) is 4.81. The monoisotopic (exact) mass is 294 g/mol. The van der Waals surface area contributed by atoms with Crippen molar-refractivity contribution in [2.24, 2.45) is 10.9 Å². The van der Waals surface area contributed by atoms with Crippen molar-refractivity contribution in [3.63, 3.8) is 0 Å². The average Bonchev–Trinajstić information content (AvgIpc) is 2.53. The lowest BCUT2D eigenvalue weighted by Gasteiger charge is -2.30. The summed E-state index contributed by atoms with van der Waals surface area (Å²) in [5.41, 5.74) is 0. The first-order valence-electron chi connectivity index (χ1n) is 8.97. The smallest absolute Gasteiger partial charge is 0.191 e. The van der Waals surface area contributed by atoms with E-state index >= 15 is 0 Å². The van der Waals surface area contributed by atoms with Crippen LogP contribution in [0.5, 0.6) is 0 Å². The van der Waals surface area contributed by atoms with Gasteiger partial charge in [-0.2, -0.15) is 0 Å². The van der Waals surface area contributed by atoms with Crippen molar-refractivity contribution in [3.8, 4) is 0 Å². The second-order valence-corrected chi connectivity index (χ2v) is 6.90. The summed E-state index contributed by atoms with van der Waals surface area (Å²) in [5, 5.41) is 7.11. The van der Waals surface area contributed by atoms with Crippen LogP contribution in [0.4, 0.5) is 0 Å². The maximum Gasteiger partial charge on any atom is 0.191 e. The number of hydrogen-bond donors (Lipinski definition) is 2. The van der Waals surface area contributed by atoms with E-state index in [0.717, 1.165) is 12.5 Å². The van der Waals surface area contributed by atoms with Crippen LogP contribution in [0.15, 0.2) is 4.99 Å². The molecule has 21 heavy (non-hydrogen) atoms. The van der Waals surface area contributed by atoms with Crippen LogP contribution in [0.2, 0.25) is 0 Å². The van der Waals surface area contributed by atoms with Gasteiger partial charge in [-0.05, 0) is 44.7 Å². The third kappa shape index (κ3) is 6.25. The number of nitrogens with zero attached hydrogens (tertiary/aromatic N) is 2. The second-order valence-electron chi connectivity index (χ2n) is 6.90. The van der Waals surface area contributed by atoms with E-state index in [4.69, 9.17) is 0 Å². The zero-order valence-electron chi connectivity index (χ0n) is 14.0. The van der Waals surface area contributed by atoms with Crippen LogP contribution in [0.3, 0.4) is 0 Å². The molecule has 1 saturated carbocycles. The van der Waals surface area contributed by atoms with Crippen LogP contribution in [-0.2, 0) is 0 Å². The number of rotatable bonds is 5. The maximum atomic E-state index is 4.38.